The van der Waals surface area contributed by atoms with Crippen LogP contribution in [-0.4, -0.2) is 17.9 Å². The average Bonchev–Trinajstić information content (AvgIpc) is 2.32. The van der Waals surface area contributed by atoms with Gasteiger partial charge in [-0.1, -0.05) is 12.5 Å². The van der Waals surface area contributed by atoms with Crippen molar-refractivity contribution in [2.24, 2.45) is 5.92 Å². The molecule has 3 heteroatoms. The molecule has 1 aliphatic carbocycles. The Labute approximate surface area is 95.8 Å². The molecule has 0 spiro atoms. The van der Waals surface area contributed by atoms with Gasteiger partial charge in [0.05, 0.1) is 7.11 Å². The molecule has 1 fully saturated rings. The van der Waals surface area contributed by atoms with Crippen LogP contribution in [0.3, 0.4) is 0 Å². The standard InChI is InChI=1S/C13H17NO2/c1-16-13-8-4-6-11(14-13)9-10-5-2-3-7-12(10)15/h4,6,8,10H,2-3,5,7,9H2,1H3. The fourth-order valence-electron chi connectivity index (χ4n) is 2.21. The van der Waals surface area contributed by atoms with Gasteiger partial charge in [0.25, 0.3) is 0 Å². The predicted octanol–water partition coefficient (Wildman–Crippen LogP) is 2.39. The number of aromatic nitrogens is 1. The first kappa shape index (κ1) is 11.1. The van der Waals surface area contributed by atoms with Crippen LogP contribution < -0.4 is 4.74 Å². The lowest BCUT2D eigenvalue weighted by atomic mass is 9.85. The molecule has 1 saturated carbocycles. The Morgan fingerprint density at radius 1 is 1.44 bits per heavy atom. The van der Waals surface area contributed by atoms with Crippen LogP contribution in [0, 0.1) is 5.92 Å². The van der Waals surface area contributed by atoms with E-state index in [1.807, 2.05) is 18.2 Å². The molecule has 0 amide bonds. The van der Waals surface area contributed by atoms with Crippen molar-refractivity contribution in [3.8, 4) is 5.88 Å². The fraction of sp³-hybridized carbons (Fsp3) is 0.538. The van der Waals surface area contributed by atoms with Crippen molar-refractivity contribution >= 4 is 5.78 Å². The fourth-order valence-corrected chi connectivity index (χ4v) is 2.21. The predicted molar refractivity (Wildman–Crippen MR) is 61.5 cm³/mol. The number of carbonyl (C=O) groups is 1. The highest BCUT2D eigenvalue weighted by atomic mass is 16.5. The summed E-state index contributed by atoms with van der Waals surface area (Å²) in [6, 6.07) is 5.71. The summed E-state index contributed by atoms with van der Waals surface area (Å²) in [7, 11) is 1.61. The molecule has 0 aromatic carbocycles. The molecular formula is C13H17NO2. The Hall–Kier alpha value is -1.38. The lowest BCUT2D eigenvalue weighted by Crippen LogP contribution is -2.21. The van der Waals surface area contributed by atoms with Crippen molar-refractivity contribution in [3.63, 3.8) is 0 Å². The van der Waals surface area contributed by atoms with Crippen molar-refractivity contribution in [3.05, 3.63) is 23.9 Å². The Bertz CT molecular complexity index is 376. The van der Waals surface area contributed by atoms with E-state index in [0.717, 1.165) is 31.4 Å². The van der Waals surface area contributed by atoms with Crippen molar-refractivity contribution in [1.82, 2.24) is 4.98 Å². The van der Waals surface area contributed by atoms with E-state index in [-0.39, 0.29) is 5.92 Å². The van der Waals surface area contributed by atoms with Crippen molar-refractivity contribution in [1.29, 1.82) is 0 Å². The van der Waals surface area contributed by atoms with Gasteiger partial charge in [-0.15, -0.1) is 0 Å². The summed E-state index contributed by atoms with van der Waals surface area (Å²) < 4.78 is 5.07. The van der Waals surface area contributed by atoms with Gasteiger partial charge in [0, 0.05) is 24.1 Å². The van der Waals surface area contributed by atoms with Gasteiger partial charge >= 0.3 is 0 Å². The summed E-state index contributed by atoms with van der Waals surface area (Å²) in [5.74, 6) is 1.20. The smallest absolute Gasteiger partial charge is 0.213 e. The second-order valence-corrected chi connectivity index (χ2v) is 4.28. The quantitative estimate of drug-likeness (QED) is 0.783. The minimum absolute atomic E-state index is 0.174. The maximum atomic E-state index is 11.7. The summed E-state index contributed by atoms with van der Waals surface area (Å²) in [5.41, 5.74) is 0.958. The zero-order valence-corrected chi connectivity index (χ0v) is 9.61. The van der Waals surface area contributed by atoms with Crippen LogP contribution in [0.2, 0.25) is 0 Å². The van der Waals surface area contributed by atoms with E-state index in [1.165, 1.54) is 6.42 Å². The van der Waals surface area contributed by atoms with Gasteiger partial charge in [0.15, 0.2) is 0 Å². The Balaban J connectivity index is 2.04. The van der Waals surface area contributed by atoms with Crippen LogP contribution >= 0.6 is 0 Å². The number of ketones is 1. The van der Waals surface area contributed by atoms with E-state index >= 15 is 0 Å². The molecule has 1 aromatic rings. The minimum Gasteiger partial charge on any atom is -0.481 e. The summed E-state index contributed by atoms with van der Waals surface area (Å²) in [5, 5.41) is 0. The molecule has 2 rings (SSSR count). The number of hydrogen-bond donors (Lipinski definition) is 0. The number of rotatable bonds is 3. The molecular weight excluding hydrogens is 202 g/mol. The van der Waals surface area contributed by atoms with Crippen molar-refractivity contribution < 1.29 is 9.53 Å². The molecule has 1 unspecified atom stereocenters. The summed E-state index contributed by atoms with van der Waals surface area (Å²) >= 11 is 0. The van der Waals surface area contributed by atoms with Crippen LogP contribution in [-0.2, 0) is 11.2 Å². The maximum Gasteiger partial charge on any atom is 0.213 e. The second-order valence-electron chi connectivity index (χ2n) is 4.28. The summed E-state index contributed by atoms with van der Waals surface area (Å²) in [6.45, 7) is 0. The first-order valence-electron chi connectivity index (χ1n) is 5.82. The molecule has 1 atom stereocenters. The molecule has 0 radical (unpaired) electrons. The van der Waals surface area contributed by atoms with Crippen LogP contribution in [0.4, 0.5) is 0 Å². The second kappa shape index (κ2) is 5.10. The number of pyridine rings is 1. The van der Waals surface area contributed by atoms with Crippen LogP contribution in [0.15, 0.2) is 18.2 Å². The lowest BCUT2D eigenvalue weighted by molar-refractivity contribution is -0.124. The van der Waals surface area contributed by atoms with Gasteiger partial charge in [-0.3, -0.25) is 4.79 Å². The number of methoxy groups -OCH3 is 1. The highest BCUT2D eigenvalue weighted by Crippen LogP contribution is 2.24. The van der Waals surface area contributed by atoms with E-state index < -0.39 is 0 Å². The lowest BCUT2D eigenvalue weighted by Gasteiger charge is -2.19. The molecule has 1 aromatic heterocycles. The van der Waals surface area contributed by atoms with E-state index in [9.17, 15) is 4.79 Å². The molecule has 16 heavy (non-hydrogen) atoms. The largest absolute Gasteiger partial charge is 0.481 e. The van der Waals surface area contributed by atoms with Gasteiger partial charge in [-0.05, 0) is 25.3 Å². The zero-order valence-electron chi connectivity index (χ0n) is 9.61. The minimum atomic E-state index is 0.174. The van der Waals surface area contributed by atoms with Gasteiger partial charge in [0.2, 0.25) is 5.88 Å². The molecule has 0 saturated heterocycles. The summed E-state index contributed by atoms with van der Waals surface area (Å²) in [6.07, 6.45) is 4.74. The zero-order chi connectivity index (χ0) is 11.4. The molecule has 1 aliphatic rings. The van der Waals surface area contributed by atoms with E-state index in [0.29, 0.717) is 11.7 Å². The third-order valence-corrected chi connectivity index (χ3v) is 3.13. The van der Waals surface area contributed by atoms with Crippen molar-refractivity contribution in [2.45, 2.75) is 32.1 Å². The highest BCUT2D eigenvalue weighted by molar-refractivity contribution is 5.81. The average molecular weight is 219 g/mol. The van der Waals surface area contributed by atoms with Gasteiger partial charge in [-0.25, -0.2) is 4.98 Å². The highest BCUT2D eigenvalue weighted by Gasteiger charge is 2.22. The van der Waals surface area contributed by atoms with E-state index in [1.54, 1.807) is 7.11 Å². The molecule has 0 N–H and O–H groups in total. The number of ether oxygens (including phenoxy) is 1. The van der Waals surface area contributed by atoms with Crippen LogP contribution in [0.5, 0.6) is 5.88 Å². The molecule has 0 bridgehead atoms. The van der Waals surface area contributed by atoms with E-state index in [2.05, 4.69) is 4.98 Å². The topological polar surface area (TPSA) is 39.2 Å². The SMILES string of the molecule is COc1cccc(CC2CCCCC2=O)n1. The Kier molecular flexibility index (Phi) is 3.54. The Morgan fingerprint density at radius 3 is 3.06 bits per heavy atom. The first-order valence-corrected chi connectivity index (χ1v) is 5.82. The van der Waals surface area contributed by atoms with E-state index in [4.69, 9.17) is 4.74 Å². The van der Waals surface area contributed by atoms with Crippen molar-refractivity contribution in [2.75, 3.05) is 7.11 Å². The third-order valence-electron chi connectivity index (χ3n) is 3.13. The number of hydrogen-bond acceptors (Lipinski definition) is 3. The first-order chi connectivity index (χ1) is 7.79. The van der Waals surface area contributed by atoms with Crippen LogP contribution in [0.25, 0.3) is 0 Å². The molecule has 0 aliphatic heterocycles. The van der Waals surface area contributed by atoms with Crippen LogP contribution in [0.1, 0.15) is 31.4 Å². The number of Topliss-reactive ketones (excluding diaryl/α,β-unsaturated/α-hetero) is 1. The Morgan fingerprint density at radius 2 is 2.31 bits per heavy atom. The third kappa shape index (κ3) is 2.60. The van der Waals surface area contributed by atoms with Gasteiger partial charge in [-0.2, -0.15) is 0 Å². The molecule has 1 heterocycles. The number of carbonyl (C=O) groups excluding carboxylic acids is 1. The molecule has 86 valence electrons. The normalized spacial score (nSPS) is 20.8. The van der Waals surface area contributed by atoms with Gasteiger partial charge in [0.1, 0.15) is 5.78 Å². The van der Waals surface area contributed by atoms with Gasteiger partial charge < -0.3 is 4.74 Å². The maximum absolute atomic E-state index is 11.7. The monoisotopic (exact) mass is 219 g/mol. The molecule has 3 nitrogen and oxygen atoms in total. The number of nitrogens with zero attached hydrogens (tertiary/aromatic N) is 1. The summed E-state index contributed by atoms with van der Waals surface area (Å²) in [4.78, 5) is 16.0.